The van der Waals surface area contributed by atoms with Crippen LogP contribution in [0.15, 0.2) is 48.8 Å². The molecule has 0 amide bonds. The van der Waals surface area contributed by atoms with Gasteiger partial charge in [0.2, 0.25) is 0 Å². The number of carbonyl (C=O) groups is 2. The van der Waals surface area contributed by atoms with Crippen LogP contribution in [0.4, 0.5) is 0 Å². The fourth-order valence-electron chi connectivity index (χ4n) is 4.32. The quantitative estimate of drug-likeness (QED) is 0.0374. The molecule has 0 aliphatic rings. The number of unbranched alkanes of at least 4 members (excludes halogenated alkanes) is 5. The highest BCUT2D eigenvalue weighted by Crippen LogP contribution is 2.13. The van der Waals surface area contributed by atoms with Crippen LogP contribution in [0.5, 0.6) is 0 Å². The Morgan fingerprint density at radius 2 is 1.61 bits per heavy atom. The van der Waals surface area contributed by atoms with Gasteiger partial charge in [-0.1, -0.05) is 109 Å². The second-order valence-corrected chi connectivity index (χ2v) is 11.9. The molecule has 0 aromatic heterocycles. The Hall–Kier alpha value is -2.01. The number of benzene rings is 1. The second-order valence-electron chi connectivity index (χ2n) is 10.5. The van der Waals surface area contributed by atoms with Gasteiger partial charge >= 0.3 is 5.97 Å². The van der Waals surface area contributed by atoms with E-state index in [1.165, 1.54) is 49.7 Å². The third kappa shape index (κ3) is 25.4. The van der Waals surface area contributed by atoms with Gasteiger partial charge in [-0.25, -0.2) is 0 Å². The maximum absolute atomic E-state index is 11.5. The topological polar surface area (TPSA) is 52.6 Å². The minimum atomic E-state index is -0.107. The molecule has 0 heterocycles. The molecule has 0 saturated heterocycles. The summed E-state index contributed by atoms with van der Waals surface area (Å²) < 4.78 is 10.6. The number of allylic oxidation sites excluding steroid dienone is 3. The summed E-state index contributed by atoms with van der Waals surface area (Å²) in [6, 6.07) is 8.89. The van der Waals surface area contributed by atoms with Crippen molar-refractivity contribution in [1.29, 1.82) is 0 Å². The van der Waals surface area contributed by atoms with Crippen LogP contribution in [-0.2, 0) is 31.9 Å². The third-order valence-electron chi connectivity index (χ3n) is 6.80. The Balaban J connectivity index is 0.000000788. The van der Waals surface area contributed by atoms with E-state index in [4.69, 9.17) is 9.47 Å². The van der Waals surface area contributed by atoms with Crippen LogP contribution in [0.1, 0.15) is 122 Å². The van der Waals surface area contributed by atoms with E-state index in [2.05, 4.69) is 70.7 Å². The Morgan fingerprint density at radius 1 is 0.902 bits per heavy atom. The zero-order chi connectivity index (χ0) is 30.4. The third-order valence-corrected chi connectivity index (χ3v) is 7.78. The Kier molecular flexibility index (Phi) is 28.0. The number of aryl methyl sites for hydroxylation is 2. The summed E-state index contributed by atoms with van der Waals surface area (Å²) in [7, 11) is 0. The van der Waals surface area contributed by atoms with Gasteiger partial charge in [0.15, 0.2) is 0 Å². The second kappa shape index (κ2) is 29.5. The molecule has 0 aliphatic heterocycles. The van der Waals surface area contributed by atoms with Crippen molar-refractivity contribution in [2.45, 2.75) is 124 Å². The number of rotatable bonds is 25. The maximum atomic E-state index is 11.5. The smallest absolute Gasteiger partial charge is 0.305 e. The SMILES string of the molecule is C=C(CCCSCC)OCCOC(=O)CCCCCCCC.CCCc1cccc(CC/C=C/C(CC)CC=O)c1. The summed E-state index contributed by atoms with van der Waals surface area (Å²) in [5.74, 6) is 3.41. The van der Waals surface area contributed by atoms with Crippen molar-refractivity contribution in [3.05, 3.63) is 59.9 Å². The molecule has 0 bridgehead atoms. The first kappa shape index (κ1) is 39.0. The van der Waals surface area contributed by atoms with Crippen LogP contribution in [-0.4, -0.2) is 37.0 Å². The predicted molar refractivity (Wildman–Crippen MR) is 179 cm³/mol. The summed E-state index contributed by atoms with van der Waals surface area (Å²) in [6.07, 6.45) is 21.3. The minimum Gasteiger partial charge on any atom is -0.495 e. The molecule has 4 nitrogen and oxygen atoms in total. The zero-order valence-corrected chi connectivity index (χ0v) is 27.6. The normalized spacial score (nSPS) is 11.5. The lowest BCUT2D eigenvalue weighted by Crippen LogP contribution is -2.10. The molecule has 0 spiro atoms. The van der Waals surface area contributed by atoms with Gasteiger partial charge in [0.25, 0.3) is 0 Å². The Morgan fingerprint density at radius 3 is 2.29 bits per heavy atom. The van der Waals surface area contributed by atoms with Crippen molar-refractivity contribution in [3.63, 3.8) is 0 Å². The van der Waals surface area contributed by atoms with Gasteiger partial charge in [-0.05, 0) is 67.1 Å². The van der Waals surface area contributed by atoms with E-state index in [9.17, 15) is 9.59 Å². The molecule has 0 radical (unpaired) electrons. The lowest BCUT2D eigenvalue weighted by Gasteiger charge is -2.09. The number of ether oxygens (including phenoxy) is 2. The van der Waals surface area contributed by atoms with E-state index in [-0.39, 0.29) is 5.97 Å². The first-order chi connectivity index (χ1) is 20.0. The summed E-state index contributed by atoms with van der Waals surface area (Å²) in [4.78, 5) is 22.0. The van der Waals surface area contributed by atoms with Crippen LogP contribution in [0.3, 0.4) is 0 Å². The van der Waals surface area contributed by atoms with E-state index in [0.29, 0.717) is 32.0 Å². The van der Waals surface area contributed by atoms with Crippen molar-refractivity contribution in [2.24, 2.45) is 5.92 Å². The molecule has 41 heavy (non-hydrogen) atoms. The molecule has 1 atom stereocenters. The van der Waals surface area contributed by atoms with Gasteiger partial charge in [-0.15, -0.1) is 0 Å². The van der Waals surface area contributed by atoms with Crippen molar-refractivity contribution in [3.8, 4) is 0 Å². The highest BCUT2D eigenvalue weighted by Gasteiger charge is 2.03. The highest BCUT2D eigenvalue weighted by atomic mass is 32.2. The first-order valence-corrected chi connectivity index (χ1v) is 17.4. The fourth-order valence-corrected chi connectivity index (χ4v) is 4.96. The van der Waals surface area contributed by atoms with Gasteiger partial charge in [-0.2, -0.15) is 11.8 Å². The predicted octanol–water partition coefficient (Wildman–Crippen LogP) is 10.1. The lowest BCUT2D eigenvalue weighted by molar-refractivity contribution is -0.145. The maximum Gasteiger partial charge on any atom is 0.305 e. The number of esters is 1. The number of hydrogen-bond donors (Lipinski definition) is 0. The molecule has 0 N–H and O–H groups in total. The minimum absolute atomic E-state index is 0.107. The summed E-state index contributed by atoms with van der Waals surface area (Å²) >= 11 is 1.93. The van der Waals surface area contributed by atoms with Crippen LogP contribution in [0, 0.1) is 5.92 Å². The van der Waals surface area contributed by atoms with Crippen molar-refractivity contribution >= 4 is 24.0 Å². The van der Waals surface area contributed by atoms with Crippen molar-refractivity contribution < 1.29 is 19.1 Å². The van der Waals surface area contributed by atoms with Gasteiger partial charge < -0.3 is 14.3 Å². The molecular weight excluding hydrogens is 528 g/mol. The highest BCUT2D eigenvalue weighted by molar-refractivity contribution is 7.99. The van der Waals surface area contributed by atoms with Gasteiger partial charge in [0.1, 0.15) is 19.5 Å². The van der Waals surface area contributed by atoms with E-state index in [1.807, 2.05) is 11.8 Å². The van der Waals surface area contributed by atoms with E-state index in [0.717, 1.165) is 68.5 Å². The molecule has 0 saturated carbocycles. The molecule has 5 heteroatoms. The molecule has 1 rings (SSSR count). The van der Waals surface area contributed by atoms with E-state index < -0.39 is 0 Å². The van der Waals surface area contributed by atoms with Gasteiger partial charge in [0, 0.05) is 19.3 Å². The standard InChI is InChI=1S/C18H34O3S.C18H26O/c1-4-6-7-8-9-10-13-18(19)21-15-14-20-17(3)12-11-16-22-5-2;1-3-8-17-11-7-12-18(15-17)10-6-5-9-16(4-2)13-14-19/h3-16H2,1-2H3;5,7,9,11-12,14-16H,3-4,6,8,10,13H2,1-2H3/b;9-5+. The summed E-state index contributed by atoms with van der Waals surface area (Å²) in [5, 5.41) is 0. The zero-order valence-electron chi connectivity index (χ0n) is 26.8. The van der Waals surface area contributed by atoms with Crippen LogP contribution < -0.4 is 0 Å². The van der Waals surface area contributed by atoms with Crippen molar-refractivity contribution in [2.75, 3.05) is 24.7 Å². The van der Waals surface area contributed by atoms with Crippen LogP contribution in [0.2, 0.25) is 0 Å². The van der Waals surface area contributed by atoms with Gasteiger partial charge in [-0.3, -0.25) is 4.79 Å². The molecule has 1 aromatic rings. The largest absolute Gasteiger partial charge is 0.495 e. The van der Waals surface area contributed by atoms with Crippen molar-refractivity contribution in [1.82, 2.24) is 0 Å². The van der Waals surface area contributed by atoms with E-state index in [1.54, 1.807) is 0 Å². The molecule has 0 fully saturated rings. The van der Waals surface area contributed by atoms with Crippen LogP contribution in [0.25, 0.3) is 0 Å². The molecular formula is C36H60O4S. The monoisotopic (exact) mass is 588 g/mol. The van der Waals surface area contributed by atoms with Crippen LogP contribution >= 0.6 is 11.8 Å². The van der Waals surface area contributed by atoms with Gasteiger partial charge in [0.05, 0.1) is 5.76 Å². The number of aldehydes is 1. The molecule has 0 aliphatic carbocycles. The Labute approximate surface area is 257 Å². The average molecular weight is 589 g/mol. The molecule has 1 aromatic carbocycles. The van der Waals surface area contributed by atoms with E-state index >= 15 is 0 Å². The number of thioether (sulfide) groups is 1. The molecule has 234 valence electrons. The summed E-state index contributed by atoms with van der Waals surface area (Å²) in [6.45, 7) is 13.3. The molecule has 1 unspecified atom stereocenters. The lowest BCUT2D eigenvalue weighted by atomic mass is 10.0. The first-order valence-electron chi connectivity index (χ1n) is 16.2. The average Bonchev–Trinajstić information content (AvgIpc) is 2.97. The number of carbonyl (C=O) groups excluding carboxylic acids is 2. The Bertz CT molecular complexity index is 805. The number of hydrogen-bond acceptors (Lipinski definition) is 5. The summed E-state index contributed by atoms with van der Waals surface area (Å²) in [5.41, 5.74) is 2.86. The fraction of sp³-hybridized carbons (Fsp3) is 0.667.